The van der Waals surface area contributed by atoms with Crippen molar-refractivity contribution < 1.29 is 13.2 Å². The van der Waals surface area contributed by atoms with E-state index in [4.69, 9.17) is 12.2 Å². The number of benzene rings is 1. The van der Waals surface area contributed by atoms with Crippen LogP contribution >= 0.6 is 12.2 Å². The maximum absolute atomic E-state index is 13.0. The molecule has 22 heavy (non-hydrogen) atoms. The van der Waals surface area contributed by atoms with Crippen LogP contribution < -0.4 is 0 Å². The van der Waals surface area contributed by atoms with Crippen molar-refractivity contribution in [2.45, 2.75) is 32.4 Å². The van der Waals surface area contributed by atoms with E-state index in [0.29, 0.717) is 5.82 Å². The lowest BCUT2D eigenvalue weighted by Gasteiger charge is -2.16. The second-order valence-electron chi connectivity index (χ2n) is 5.74. The summed E-state index contributed by atoms with van der Waals surface area (Å²) in [4.78, 5) is 0. The van der Waals surface area contributed by atoms with E-state index < -0.39 is 11.7 Å². The van der Waals surface area contributed by atoms with Gasteiger partial charge in [0.25, 0.3) is 0 Å². The van der Waals surface area contributed by atoms with E-state index in [1.165, 1.54) is 22.9 Å². The maximum atomic E-state index is 13.0. The second kappa shape index (κ2) is 5.68. The number of hydrogen-bond acceptors (Lipinski definition) is 3. The quantitative estimate of drug-likeness (QED) is 0.665. The Balaban J connectivity index is 2.48. The number of nitrogens with zero attached hydrogens (tertiary/aromatic N) is 3. The van der Waals surface area contributed by atoms with Crippen LogP contribution in [0.4, 0.5) is 13.2 Å². The highest BCUT2D eigenvalue weighted by Crippen LogP contribution is 2.31. The van der Waals surface area contributed by atoms with E-state index in [9.17, 15) is 13.2 Å². The molecule has 0 unspecified atom stereocenters. The van der Waals surface area contributed by atoms with Crippen molar-refractivity contribution >= 4 is 18.4 Å². The van der Waals surface area contributed by atoms with Gasteiger partial charge in [-0.05, 0) is 18.3 Å². The van der Waals surface area contributed by atoms with Gasteiger partial charge >= 0.3 is 6.18 Å². The van der Waals surface area contributed by atoms with E-state index in [-0.39, 0.29) is 15.7 Å². The Morgan fingerprint density at radius 3 is 2.45 bits per heavy atom. The number of halogens is 3. The first kappa shape index (κ1) is 16.4. The molecular formula is C14H15F3N4S. The first-order valence-electron chi connectivity index (χ1n) is 6.49. The minimum atomic E-state index is -4.44. The minimum absolute atomic E-state index is 0.0297. The average Bonchev–Trinajstić information content (AvgIpc) is 2.77. The SMILES string of the molecule is CC(C)(C)c1n[nH]c(=S)n1/N=C\c1ccccc1C(F)(F)F. The van der Waals surface area contributed by atoms with Crippen molar-refractivity contribution in [1.29, 1.82) is 0 Å². The first-order valence-corrected chi connectivity index (χ1v) is 6.90. The van der Waals surface area contributed by atoms with Gasteiger partial charge in [0.05, 0.1) is 11.8 Å². The molecule has 0 atom stereocenters. The van der Waals surface area contributed by atoms with Gasteiger partial charge in [-0.3, -0.25) is 5.10 Å². The summed E-state index contributed by atoms with van der Waals surface area (Å²) in [5.41, 5.74) is -1.13. The number of rotatable bonds is 2. The molecular weight excluding hydrogens is 313 g/mol. The lowest BCUT2D eigenvalue weighted by atomic mass is 9.96. The molecule has 4 nitrogen and oxygen atoms in total. The molecule has 0 aliphatic heterocycles. The lowest BCUT2D eigenvalue weighted by molar-refractivity contribution is -0.137. The fourth-order valence-corrected chi connectivity index (χ4v) is 2.05. The molecule has 0 bridgehead atoms. The molecule has 0 fully saturated rings. The average molecular weight is 328 g/mol. The molecule has 2 aromatic rings. The standard InChI is InChI=1S/C14H15F3N4S/c1-13(2,3)11-19-20-12(22)21(11)18-8-9-6-4-5-7-10(9)14(15,16)17/h4-8H,1-3H3,(H,20,22)/b18-8-. The second-order valence-corrected chi connectivity index (χ2v) is 6.13. The van der Waals surface area contributed by atoms with Gasteiger partial charge in [0, 0.05) is 11.0 Å². The summed E-state index contributed by atoms with van der Waals surface area (Å²) in [6, 6.07) is 5.23. The largest absolute Gasteiger partial charge is 0.417 e. The van der Waals surface area contributed by atoms with E-state index in [1.54, 1.807) is 0 Å². The highest BCUT2D eigenvalue weighted by Gasteiger charge is 2.32. The summed E-state index contributed by atoms with van der Waals surface area (Å²) in [5, 5.41) is 10.8. The molecule has 0 saturated carbocycles. The number of H-pyrrole nitrogens is 1. The predicted molar refractivity (Wildman–Crippen MR) is 80.5 cm³/mol. The summed E-state index contributed by atoms with van der Waals surface area (Å²) in [5.74, 6) is 0.540. The zero-order valence-corrected chi connectivity index (χ0v) is 13.1. The summed E-state index contributed by atoms with van der Waals surface area (Å²) < 4.78 is 40.4. The molecule has 2 rings (SSSR count). The molecule has 0 aliphatic rings. The monoisotopic (exact) mass is 328 g/mol. The van der Waals surface area contributed by atoms with E-state index in [1.807, 2.05) is 20.8 Å². The van der Waals surface area contributed by atoms with Crippen LogP contribution in [-0.2, 0) is 11.6 Å². The van der Waals surface area contributed by atoms with Crippen molar-refractivity contribution in [1.82, 2.24) is 14.9 Å². The Morgan fingerprint density at radius 1 is 1.23 bits per heavy atom. The van der Waals surface area contributed by atoms with Crippen molar-refractivity contribution in [3.05, 3.63) is 46.0 Å². The normalized spacial score (nSPS) is 13.0. The lowest BCUT2D eigenvalue weighted by Crippen LogP contribution is -2.17. The third kappa shape index (κ3) is 3.44. The summed E-state index contributed by atoms with van der Waals surface area (Å²) in [6.45, 7) is 5.73. The van der Waals surface area contributed by atoms with Gasteiger partial charge in [-0.15, -0.1) is 0 Å². The minimum Gasteiger partial charge on any atom is -0.250 e. The van der Waals surface area contributed by atoms with Gasteiger partial charge < -0.3 is 0 Å². The zero-order valence-electron chi connectivity index (χ0n) is 12.3. The molecule has 1 N–H and O–H groups in total. The van der Waals surface area contributed by atoms with Crippen LogP contribution in [0.3, 0.4) is 0 Å². The van der Waals surface area contributed by atoms with E-state index in [2.05, 4.69) is 15.3 Å². The smallest absolute Gasteiger partial charge is 0.250 e. The van der Waals surface area contributed by atoms with Gasteiger partial charge in [0.2, 0.25) is 4.77 Å². The molecule has 118 valence electrons. The summed E-state index contributed by atoms with van der Waals surface area (Å²) in [7, 11) is 0. The Bertz CT molecular complexity index is 750. The molecule has 0 aliphatic carbocycles. The third-order valence-corrected chi connectivity index (χ3v) is 3.16. The summed E-state index contributed by atoms with van der Waals surface area (Å²) >= 11 is 5.07. The number of alkyl halides is 3. The molecule has 1 aromatic carbocycles. The maximum Gasteiger partial charge on any atom is 0.417 e. The van der Waals surface area contributed by atoms with Crippen molar-refractivity contribution in [3.8, 4) is 0 Å². The number of aromatic amines is 1. The zero-order chi connectivity index (χ0) is 16.5. The molecule has 0 amide bonds. The highest BCUT2D eigenvalue weighted by atomic mass is 32.1. The van der Waals surface area contributed by atoms with Crippen LogP contribution in [0.2, 0.25) is 0 Å². The first-order chi connectivity index (χ1) is 10.1. The predicted octanol–water partition coefficient (Wildman–Crippen LogP) is 4.14. The Morgan fingerprint density at radius 2 is 1.86 bits per heavy atom. The Labute approximate surface area is 130 Å². The van der Waals surface area contributed by atoms with Crippen LogP contribution in [0.25, 0.3) is 0 Å². The molecule has 1 heterocycles. The van der Waals surface area contributed by atoms with Crippen molar-refractivity contribution in [2.75, 3.05) is 0 Å². The fraction of sp³-hybridized carbons (Fsp3) is 0.357. The molecule has 8 heteroatoms. The molecule has 1 aromatic heterocycles. The highest BCUT2D eigenvalue weighted by molar-refractivity contribution is 7.71. The molecule has 0 radical (unpaired) electrons. The molecule has 0 saturated heterocycles. The van der Waals surface area contributed by atoms with Gasteiger partial charge in [-0.2, -0.15) is 28.0 Å². The topological polar surface area (TPSA) is 46.0 Å². The van der Waals surface area contributed by atoms with E-state index in [0.717, 1.165) is 12.3 Å². The van der Waals surface area contributed by atoms with E-state index >= 15 is 0 Å². The third-order valence-electron chi connectivity index (χ3n) is 2.90. The summed E-state index contributed by atoms with van der Waals surface area (Å²) in [6.07, 6.45) is -3.29. The van der Waals surface area contributed by atoms with Gasteiger partial charge in [-0.25, -0.2) is 0 Å². The van der Waals surface area contributed by atoms with Crippen molar-refractivity contribution in [3.63, 3.8) is 0 Å². The van der Waals surface area contributed by atoms with Crippen LogP contribution in [-0.4, -0.2) is 21.1 Å². The molecule has 0 spiro atoms. The Kier molecular flexibility index (Phi) is 4.23. The van der Waals surface area contributed by atoms with Crippen molar-refractivity contribution in [2.24, 2.45) is 5.10 Å². The van der Waals surface area contributed by atoms with Crippen LogP contribution in [0.1, 0.15) is 37.7 Å². The Hall–Kier alpha value is -1.96. The van der Waals surface area contributed by atoms with Crippen LogP contribution in [0.5, 0.6) is 0 Å². The number of aromatic nitrogens is 3. The number of nitrogens with one attached hydrogen (secondary N) is 1. The van der Waals surface area contributed by atoms with Gasteiger partial charge in [0.15, 0.2) is 5.82 Å². The van der Waals surface area contributed by atoms with Crippen LogP contribution in [0.15, 0.2) is 29.4 Å². The number of hydrogen-bond donors (Lipinski definition) is 1. The fourth-order valence-electron chi connectivity index (χ4n) is 1.87. The van der Waals surface area contributed by atoms with Gasteiger partial charge in [-0.1, -0.05) is 39.0 Å². The van der Waals surface area contributed by atoms with Gasteiger partial charge in [0.1, 0.15) is 0 Å². The van der Waals surface area contributed by atoms with Crippen LogP contribution in [0, 0.1) is 4.77 Å².